The molecule has 6 heteroatoms. The van der Waals surface area contributed by atoms with Crippen molar-refractivity contribution in [3.05, 3.63) is 0 Å². The topological polar surface area (TPSA) is 102 Å². The third-order valence-electron chi connectivity index (χ3n) is 4.78. The van der Waals surface area contributed by atoms with E-state index in [1.807, 2.05) is 0 Å². The number of ether oxygens (including phenoxy) is 1. The highest BCUT2D eigenvalue weighted by molar-refractivity contribution is 5.66. The van der Waals surface area contributed by atoms with Crippen molar-refractivity contribution < 1.29 is 24.9 Å². The molecular weight excluding hydrogens is 382 g/mol. The lowest BCUT2D eigenvalue weighted by Crippen LogP contribution is -2.21. The summed E-state index contributed by atoms with van der Waals surface area (Å²) in [6, 6.07) is 0. The fourth-order valence-electron chi connectivity index (χ4n) is 2.93. The van der Waals surface area contributed by atoms with Gasteiger partial charge in [-0.25, -0.2) is 0 Å². The van der Waals surface area contributed by atoms with Crippen molar-refractivity contribution in [1.29, 1.82) is 0 Å². The number of carboxylic acid groups (broad SMARTS) is 1. The van der Waals surface area contributed by atoms with Crippen molar-refractivity contribution in [1.82, 2.24) is 5.32 Å². The number of carbonyl (C=O) groups is 1. The lowest BCUT2D eigenvalue weighted by Gasteiger charge is -2.03. The van der Waals surface area contributed by atoms with Crippen LogP contribution < -0.4 is 5.32 Å². The van der Waals surface area contributed by atoms with E-state index in [2.05, 4.69) is 17.0 Å². The molecule has 30 heavy (non-hydrogen) atoms. The Labute approximate surface area is 185 Å². The van der Waals surface area contributed by atoms with Gasteiger partial charge in [0.15, 0.2) is 0 Å². The zero-order valence-corrected chi connectivity index (χ0v) is 19.7. The fourth-order valence-corrected chi connectivity index (χ4v) is 2.93. The Hall–Kier alpha value is -0.690. The highest BCUT2D eigenvalue weighted by Crippen LogP contribution is 2.13. The molecule has 0 aliphatic carbocycles. The fraction of sp³-hybridized carbons (Fsp3) is 0.958. The second kappa shape index (κ2) is 30.5. The average Bonchev–Trinajstić information content (AvgIpc) is 3.61. The van der Waals surface area contributed by atoms with Gasteiger partial charge < -0.3 is 25.4 Å². The Balaban J connectivity index is 0. The molecular formula is C24H51NO5. The van der Waals surface area contributed by atoms with Crippen LogP contribution in [0.5, 0.6) is 0 Å². The molecule has 182 valence electrons. The Morgan fingerprint density at radius 3 is 1.30 bits per heavy atom. The van der Waals surface area contributed by atoms with Crippen LogP contribution in [-0.4, -0.2) is 60.8 Å². The molecule has 0 atom stereocenters. The van der Waals surface area contributed by atoms with Crippen LogP contribution in [0.4, 0.5) is 0 Å². The van der Waals surface area contributed by atoms with E-state index in [1.165, 1.54) is 83.5 Å². The van der Waals surface area contributed by atoms with Crippen LogP contribution in [0, 0.1) is 0 Å². The van der Waals surface area contributed by atoms with E-state index in [0.29, 0.717) is 19.5 Å². The number of carboxylic acids is 1. The molecule has 0 radical (unpaired) electrons. The lowest BCUT2D eigenvalue weighted by atomic mass is 10.0. The Kier molecular flexibility index (Phi) is 32.0. The minimum absolute atomic E-state index is 0.139. The number of hydrogen-bond acceptors (Lipinski definition) is 5. The van der Waals surface area contributed by atoms with Crippen LogP contribution in [0.1, 0.15) is 110 Å². The molecule has 0 unspecified atom stereocenters. The zero-order chi connectivity index (χ0) is 22.5. The summed E-state index contributed by atoms with van der Waals surface area (Å²) in [6.45, 7) is 5.69. The maximum atomic E-state index is 10.3. The summed E-state index contributed by atoms with van der Waals surface area (Å²) < 4.78 is 4.50. The second-order valence-electron chi connectivity index (χ2n) is 7.90. The van der Waals surface area contributed by atoms with Crippen LogP contribution in [0.2, 0.25) is 0 Å². The summed E-state index contributed by atoms with van der Waals surface area (Å²) in [4.78, 5) is 10.3. The average molecular weight is 434 g/mol. The van der Waals surface area contributed by atoms with E-state index in [4.69, 9.17) is 15.3 Å². The van der Waals surface area contributed by atoms with Crippen molar-refractivity contribution in [2.24, 2.45) is 0 Å². The number of unbranched alkanes of at least 4 members (excludes halogenated alkanes) is 14. The van der Waals surface area contributed by atoms with Crippen LogP contribution >= 0.6 is 0 Å². The molecule has 1 aliphatic rings. The summed E-state index contributed by atoms with van der Waals surface area (Å²) in [5, 5.41) is 27.6. The molecule has 1 saturated heterocycles. The van der Waals surface area contributed by atoms with Gasteiger partial charge in [0.1, 0.15) is 0 Å². The second-order valence-corrected chi connectivity index (χ2v) is 7.90. The number of hydrogen-bond donors (Lipinski definition) is 4. The van der Waals surface area contributed by atoms with Gasteiger partial charge in [-0.15, -0.1) is 0 Å². The van der Waals surface area contributed by atoms with Gasteiger partial charge in [0, 0.05) is 19.5 Å². The summed E-state index contributed by atoms with van der Waals surface area (Å²) in [7, 11) is 0. The molecule has 0 aromatic rings. The highest BCUT2D eigenvalue weighted by Gasteiger charge is 1.97. The summed E-state index contributed by atoms with van der Waals surface area (Å²) in [5.41, 5.74) is 0. The van der Waals surface area contributed by atoms with E-state index in [1.54, 1.807) is 0 Å². The van der Waals surface area contributed by atoms with Gasteiger partial charge in [0.25, 0.3) is 0 Å². The van der Waals surface area contributed by atoms with E-state index in [9.17, 15) is 4.79 Å². The summed E-state index contributed by atoms with van der Waals surface area (Å²) in [6.07, 6.45) is 20.2. The van der Waals surface area contributed by atoms with Crippen molar-refractivity contribution >= 4 is 5.97 Å². The first-order chi connectivity index (χ1) is 14.7. The molecule has 6 nitrogen and oxygen atoms in total. The number of aliphatic hydroxyl groups excluding tert-OH is 2. The van der Waals surface area contributed by atoms with E-state index in [-0.39, 0.29) is 13.2 Å². The molecule has 1 aliphatic heterocycles. The highest BCUT2D eigenvalue weighted by atomic mass is 16.6. The molecule has 0 spiro atoms. The van der Waals surface area contributed by atoms with Crippen molar-refractivity contribution in [2.75, 3.05) is 39.5 Å². The van der Waals surface area contributed by atoms with E-state index >= 15 is 0 Å². The van der Waals surface area contributed by atoms with Crippen LogP contribution in [0.15, 0.2) is 0 Å². The monoisotopic (exact) mass is 433 g/mol. The standard InChI is InChI=1S/C18H36O2.C4H11NO2.C2H4O/c1-2-3-4-5-6-7-8-9-10-11-12-13-14-15-16-17-18(19)20;6-3-1-5-2-4-7;1-2-3-1/h2-17H2,1H3,(H,19,20);5-7H,1-4H2;1-2H2. The van der Waals surface area contributed by atoms with Crippen molar-refractivity contribution in [3.63, 3.8) is 0 Å². The first-order valence-electron chi connectivity index (χ1n) is 12.4. The maximum Gasteiger partial charge on any atom is 0.303 e. The molecule has 0 saturated carbocycles. The largest absolute Gasteiger partial charge is 0.481 e. The summed E-state index contributed by atoms with van der Waals surface area (Å²) in [5.74, 6) is -0.653. The van der Waals surface area contributed by atoms with Gasteiger partial charge in [-0.3, -0.25) is 4.79 Å². The van der Waals surface area contributed by atoms with Crippen molar-refractivity contribution in [3.8, 4) is 0 Å². The van der Waals surface area contributed by atoms with Crippen LogP contribution in [-0.2, 0) is 9.53 Å². The molecule has 0 amide bonds. The Morgan fingerprint density at radius 2 is 1.03 bits per heavy atom. The number of aliphatic carboxylic acids is 1. The van der Waals surface area contributed by atoms with E-state index < -0.39 is 5.97 Å². The third-order valence-corrected chi connectivity index (χ3v) is 4.78. The SMILES string of the molecule is C1CO1.CCCCCCCCCCCCCCCCCC(=O)O.OCCNCCO. The predicted octanol–water partition coefficient (Wildman–Crippen LogP) is 4.91. The first-order valence-corrected chi connectivity index (χ1v) is 12.4. The molecule has 4 N–H and O–H groups in total. The van der Waals surface area contributed by atoms with Gasteiger partial charge in [-0.05, 0) is 6.42 Å². The van der Waals surface area contributed by atoms with Gasteiger partial charge >= 0.3 is 5.97 Å². The van der Waals surface area contributed by atoms with Crippen LogP contribution in [0.25, 0.3) is 0 Å². The normalized spacial score (nSPS) is 11.8. The van der Waals surface area contributed by atoms with E-state index in [0.717, 1.165) is 26.1 Å². The number of nitrogens with one attached hydrogen (secondary N) is 1. The van der Waals surface area contributed by atoms with Gasteiger partial charge in [0.05, 0.1) is 26.4 Å². The lowest BCUT2D eigenvalue weighted by molar-refractivity contribution is -0.137. The minimum atomic E-state index is -0.653. The molecule has 1 rings (SSSR count). The summed E-state index contributed by atoms with van der Waals surface area (Å²) >= 11 is 0. The molecule has 0 aromatic carbocycles. The van der Waals surface area contributed by atoms with Gasteiger partial charge in [-0.2, -0.15) is 0 Å². The van der Waals surface area contributed by atoms with Crippen molar-refractivity contribution in [2.45, 2.75) is 110 Å². The predicted molar refractivity (Wildman–Crippen MR) is 125 cm³/mol. The molecule has 0 bridgehead atoms. The maximum absolute atomic E-state index is 10.3. The van der Waals surface area contributed by atoms with Gasteiger partial charge in [-0.1, -0.05) is 96.8 Å². The zero-order valence-electron chi connectivity index (χ0n) is 19.7. The smallest absolute Gasteiger partial charge is 0.303 e. The quantitative estimate of drug-likeness (QED) is 0.161. The third kappa shape index (κ3) is 41.6. The number of aliphatic hydroxyl groups is 2. The molecule has 0 aromatic heterocycles. The number of rotatable bonds is 20. The number of epoxide rings is 1. The Bertz CT molecular complexity index is 307. The van der Waals surface area contributed by atoms with Crippen LogP contribution in [0.3, 0.4) is 0 Å². The molecule has 1 heterocycles. The first kappa shape index (κ1) is 31.5. The molecule has 1 fully saturated rings. The Morgan fingerprint density at radius 1 is 0.700 bits per heavy atom. The minimum Gasteiger partial charge on any atom is -0.481 e. The van der Waals surface area contributed by atoms with Gasteiger partial charge in [0.2, 0.25) is 0 Å².